The summed E-state index contributed by atoms with van der Waals surface area (Å²) < 4.78 is 19.4. The first-order valence-electron chi connectivity index (χ1n) is 12.0. The maximum absolute atomic E-state index is 13.5. The Morgan fingerprint density at radius 1 is 1.28 bits per heavy atom. The van der Waals surface area contributed by atoms with Crippen molar-refractivity contribution < 1.29 is 23.8 Å². The molecule has 0 aliphatic carbocycles. The SMILES string of the molecule is CC(C)NC(=O)N(C)C[C@@H]1Oc2ncc(C#Cc3ccc(F)cc3)cc2C(=O)N(C(C)CO)C[C@@H]1C. The van der Waals surface area contributed by atoms with Crippen LogP contribution < -0.4 is 10.1 Å². The Bertz CT molecular complexity index is 1140. The van der Waals surface area contributed by atoms with Crippen LogP contribution in [0.25, 0.3) is 0 Å². The summed E-state index contributed by atoms with van der Waals surface area (Å²) in [6.07, 6.45) is 1.07. The number of nitrogens with zero attached hydrogens (tertiary/aromatic N) is 3. The van der Waals surface area contributed by atoms with Gasteiger partial charge in [-0.3, -0.25) is 4.79 Å². The van der Waals surface area contributed by atoms with E-state index in [2.05, 4.69) is 22.1 Å². The van der Waals surface area contributed by atoms with E-state index in [0.717, 1.165) is 0 Å². The summed E-state index contributed by atoms with van der Waals surface area (Å²) >= 11 is 0. The summed E-state index contributed by atoms with van der Waals surface area (Å²) in [5, 5.41) is 12.7. The van der Waals surface area contributed by atoms with Crippen molar-refractivity contribution in [2.75, 3.05) is 26.7 Å². The Hall–Kier alpha value is -3.64. The van der Waals surface area contributed by atoms with Gasteiger partial charge in [0.05, 0.1) is 19.2 Å². The van der Waals surface area contributed by atoms with Gasteiger partial charge in [0.15, 0.2) is 0 Å². The van der Waals surface area contributed by atoms with Gasteiger partial charge in [-0.25, -0.2) is 14.2 Å². The summed E-state index contributed by atoms with van der Waals surface area (Å²) in [6.45, 7) is 7.90. The van der Waals surface area contributed by atoms with Crippen molar-refractivity contribution in [3.8, 4) is 17.7 Å². The number of aliphatic hydroxyl groups is 1. The quantitative estimate of drug-likeness (QED) is 0.621. The van der Waals surface area contributed by atoms with Crippen LogP contribution in [0.2, 0.25) is 0 Å². The molecule has 0 saturated heterocycles. The molecule has 2 heterocycles. The minimum atomic E-state index is -0.447. The lowest BCUT2D eigenvalue weighted by molar-refractivity contribution is 0.0351. The minimum absolute atomic E-state index is 0.00836. The third-order valence-corrected chi connectivity index (χ3v) is 5.93. The molecule has 3 rings (SSSR count). The van der Waals surface area contributed by atoms with E-state index in [9.17, 15) is 19.1 Å². The molecular formula is C27H33FN4O4. The van der Waals surface area contributed by atoms with Crippen LogP contribution in [0.5, 0.6) is 5.88 Å². The number of likely N-dealkylation sites (N-methyl/N-ethyl adjacent to an activating group) is 1. The molecule has 0 bridgehead atoms. The Morgan fingerprint density at radius 3 is 2.58 bits per heavy atom. The zero-order valence-corrected chi connectivity index (χ0v) is 21.3. The molecule has 1 aromatic heterocycles. The van der Waals surface area contributed by atoms with Crippen LogP contribution in [0.15, 0.2) is 36.5 Å². The highest BCUT2D eigenvalue weighted by molar-refractivity contribution is 5.97. The van der Waals surface area contributed by atoms with E-state index in [4.69, 9.17) is 4.74 Å². The number of ether oxygens (including phenoxy) is 1. The molecule has 3 amide bonds. The molecule has 192 valence electrons. The van der Waals surface area contributed by atoms with Gasteiger partial charge in [0.2, 0.25) is 5.88 Å². The molecule has 1 aliphatic rings. The second-order valence-electron chi connectivity index (χ2n) is 9.44. The van der Waals surface area contributed by atoms with E-state index in [1.165, 1.54) is 18.3 Å². The lowest BCUT2D eigenvalue weighted by Crippen LogP contribution is -2.51. The van der Waals surface area contributed by atoms with Gasteiger partial charge in [-0.15, -0.1) is 0 Å². The first-order chi connectivity index (χ1) is 17.1. The van der Waals surface area contributed by atoms with Crippen molar-refractivity contribution in [2.24, 2.45) is 5.92 Å². The van der Waals surface area contributed by atoms with Crippen molar-refractivity contribution in [1.29, 1.82) is 0 Å². The number of urea groups is 1. The molecular weight excluding hydrogens is 463 g/mol. The number of benzene rings is 1. The first kappa shape index (κ1) is 27.0. The molecule has 0 spiro atoms. The van der Waals surface area contributed by atoms with Crippen LogP contribution in [-0.4, -0.2) is 76.8 Å². The number of fused-ring (bicyclic) bond motifs is 1. The second kappa shape index (κ2) is 11.9. The van der Waals surface area contributed by atoms with Gasteiger partial charge < -0.3 is 25.0 Å². The minimum Gasteiger partial charge on any atom is -0.472 e. The molecule has 1 unspecified atom stereocenters. The van der Waals surface area contributed by atoms with E-state index in [-0.39, 0.29) is 54.3 Å². The third-order valence-electron chi connectivity index (χ3n) is 5.93. The fourth-order valence-electron chi connectivity index (χ4n) is 3.78. The highest BCUT2D eigenvalue weighted by Crippen LogP contribution is 2.27. The Kier molecular flexibility index (Phi) is 8.88. The average molecular weight is 497 g/mol. The number of aromatic nitrogens is 1. The molecule has 36 heavy (non-hydrogen) atoms. The van der Waals surface area contributed by atoms with E-state index in [1.807, 2.05) is 20.8 Å². The summed E-state index contributed by atoms with van der Waals surface area (Å²) in [6, 6.07) is 6.75. The van der Waals surface area contributed by atoms with Crippen molar-refractivity contribution in [3.05, 3.63) is 59.0 Å². The van der Waals surface area contributed by atoms with Crippen LogP contribution in [0.1, 0.15) is 49.2 Å². The largest absolute Gasteiger partial charge is 0.472 e. The number of aliphatic hydroxyl groups excluding tert-OH is 1. The van der Waals surface area contributed by atoms with Gasteiger partial charge in [0.1, 0.15) is 17.5 Å². The Labute approximate surface area is 211 Å². The van der Waals surface area contributed by atoms with Crippen molar-refractivity contribution in [3.63, 3.8) is 0 Å². The molecule has 2 N–H and O–H groups in total. The molecule has 9 heteroatoms. The van der Waals surface area contributed by atoms with Crippen LogP contribution in [-0.2, 0) is 0 Å². The van der Waals surface area contributed by atoms with Gasteiger partial charge >= 0.3 is 6.03 Å². The van der Waals surface area contributed by atoms with E-state index in [1.54, 1.807) is 42.0 Å². The molecule has 1 aliphatic heterocycles. The number of carbonyl (C=O) groups excluding carboxylic acids is 2. The number of rotatable bonds is 5. The van der Waals surface area contributed by atoms with Crippen molar-refractivity contribution in [2.45, 2.75) is 45.9 Å². The predicted octanol–water partition coefficient (Wildman–Crippen LogP) is 2.89. The third kappa shape index (κ3) is 6.73. The Balaban J connectivity index is 1.95. The second-order valence-corrected chi connectivity index (χ2v) is 9.44. The average Bonchev–Trinajstić information content (AvgIpc) is 2.84. The molecule has 0 saturated carbocycles. The maximum Gasteiger partial charge on any atom is 0.317 e. The Morgan fingerprint density at radius 2 is 1.94 bits per heavy atom. The van der Waals surface area contributed by atoms with Crippen molar-refractivity contribution >= 4 is 11.9 Å². The lowest BCUT2D eigenvalue weighted by Gasteiger charge is -2.37. The van der Waals surface area contributed by atoms with Crippen molar-refractivity contribution in [1.82, 2.24) is 20.1 Å². The summed E-state index contributed by atoms with van der Waals surface area (Å²) in [4.78, 5) is 33.5. The molecule has 1 aromatic carbocycles. The van der Waals surface area contributed by atoms with Crippen LogP contribution in [0.3, 0.4) is 0 Å². The number of hydrogen-bond donors (Lipinski definition) is 2. The number of carbonyl (C=O) groups is 2. The zero-order chi connectivity index (χ0) is 26.4. The topological polar surface area (TPSA) is 95.0 Å². The highest BCUT2D eigenvalue weighted by atomic mass is 19.1. The smallest absolute Gasteiger partial charge is 0.317 e. The molecule has 8 nitrogen and oxygen atoms in total. The van der Waals surface area contributed by atoms with E-state index in [0.29, 0.717) is 17.7 Å². The van der Waals surface area contributed by atoms with E-state index >= 15 is 0 Å². The number of nitrogens with one attached hydrogen (secondary N) is 1. The summed E-state index contributed by atoms with van der Waals surface area (Å²) in [7, 11) is 1.69. The number of halogens is 1. The van der Waals surface area contributed by atoms with E-state index < -0.39 is 12.1 Å². The van der Waals surface area contributed by atoms with Gasteiger partial charge in [0.25, 0.3) is 5.91 Å². The number of pyridine rings is 1. The molecule has 0 fully saturated rings. The fraction of sp³-hybridized carbons (Fsp3) is 0.444. The monoisotopic (exact) mass is 496 g/mol. The zero-order valence-electron chi connectivity index (χ0n) is 21.3. The van der Waals surface area contributed by atoms with Gasteiger partial charge in [-0.2, -0.15) is 0 Å². The fourth-order valence-corrected chi connectivity index (χ4v) is 3.78. The molecule has 2 aromatic rings. The first-order valence-corrected chi connectivity index (χ1v) is 12.0. The van der Waals surface area contributed by atoms with Gasteiger partial charge in [-0.05, 0) is 51.1 Å². The normalized spacial score (nSPS) is 18.2. The highest BCUT2D eigenvalue weighted by Gasteiger charge is 2.34. The standard InChI is InChI=1S/C27H33FN4O4/c1-17(2)30-27(35)31(5)15-24-18(3)14-32(19(4)16-33)26(34)23-12-21(13-29-25(23)36-24)7-6-20-8-10-22(28)11-9-20/h8-13,17-19,24,33H,14-16H2,1-5H3,(H,30,35)/t18-,19?,24-/m0/s1. The van der Waals surface area contributed by atoms with Crippen LogP contribution in [0, 0.1) is 23.6 Å². The lowest BCUT2D eigenvalue weighted by atomic mass is 10.00. The summed E-state index contributed by atoms with van der Waals surface area (Å²) in [5.41, 5.74) is 1.34. The van der Waals surface area contributed by atoms with Crippen LogP contribution >= 0.6 is 0 Å². The number of amides is 3. The number of hydrogen-bond acceptors (Lipinski definition) is 5. The molecule has 0 radical (unpaired) electrons. The van der Waals surface area contributed by atoms with Gasteiger partial charge in [-0.1, -0.05) is 18.8 Å². The van der Waals surface area contributed by atoms with Gasteiger partial charge in [0, 0.05) is 42.9 Å². The maximum atomic E-state index is 13.5. The predicted molar refractivity (Wildman–Crippen MR) is 134 cm³/mol. The molecule has 3 atom stereocenters. The summed E-state index contributed by atoms with van der Waals surface area (Å²) in [5.74, 6) is 5.23. The van der Waals surface area contributed by atoms with Crippen LogP contribution in [0.4, 0.5) is 9.18 Å².